The molecule has 1 amide bonds. The Kier molecular flexibility index (Phi) is 5.31. The first-order valence-electron chi connectivity index (χ1n) is 6.78. The van der Waals surface area contributed by atoms with Crippen LogP contribution in [0.5, 0.6) is 0 Å². The second-order valence-corrected chi connectivity index (χ2v) is 6.98. The Bertz CT molecular complexity index is 629. The highest BCUT2D eigenvalue weighted by molar-refractivity contribution is 8.26. The van der Waals surface area contributed by atoms with Gasteiger partial charge in [-0.15, -0.1) is 0 Å². The molecule has 1 saturated heterocycles. The Hall–Kier alpha value is -1.73. The van der Waals surface area contributed by atoms with Crippen LogP contribution in [0.3, 0.4) is 0 Å². The first kappa shape index (κ1) is 16.6. The number of nitrogens with zero attached hydrogens (tertiary/aromatic N) is 2. The minimum Gasteiger partial charge on any atom is -0.548 e. The van der Waals surface area contributed by atoms with Gasteiger partial charge in [-0.05, 0) is 30.0 Å². The number of thiocarbonyl (C=S) groups is 1. The van der Waals surface area contributed by atoms with Crippen molar-refractivity contribution in [3.63, 3.8) is 0 Å². The standard InChI is InChI=1S/C15H16N2O3S2/c1-9(2)6-11(14(19)20)17-13(18)12(22-15(17)21)7-10-4-3-5-16-8-10/h3-5,7-9,11H,6H2,1-2H3,(H,19,20)/p-1/b12-7-/t11-/m1/s1. The van der Waals surface area contributed by atoms with Gasteiger partial charge in [-0.1, -0.05) is 43.9 Å². The van der Waals surface area contributed by atoms with Crippen molar-refractivity contribution in [1.82, 2.24) is 9.88 Å². The van der Waals surface area contributed by atoms with Crippen molar-refractivity contribution in [2.24, 2.45) is 5.92 Å². The van der Waals surface area contributed by atoms with Gasteiger partial charge in [-0.25, -0.2) is 0 Å². The van der Waals surface area contributed by atoms with E-state index in [0.29, 0.717) is 11.3 Å². The van der Waals surface area contributed by atoms with Crippen molar-refractivity contribution in [3.8, 4) is 0 Å². The summed E-state index contributed by atoms with van der Waals surface area (Å²) < 4.78 is 0.245. The largest absolute Gasteiger partial charge is 0.548 e. The first-order chi connectivity index (χ1) is 10.4. The van der Waals surface area contributed by atoms with Crippen molar-refractivity contribution in [2.75, 3.05) is 0 Å². The molecule has 0 radical (unpaired) electrons. The second kappa shape index (κ2) is 7.02. The number of carbonyl (C=O) groups is 2. The Morgan fingerprint density at radius 2 is 2.27 bits per heavy atom. The molecule has 0 unspecified atom stereocenters. The van der Waals surface area contributed by atoms with Gasteiger partial charge in [0, 0.05) is 12.4 Å². The van der Waals surface area contributed by atoms with Crippen LogP contribution >= 0.6 is 24.0 Å². The molecule has 0 spiro atoms. The molecular formula is C15H15N2O3S2-. The number of hydrogen-bond acceptors (Lipinski definition) is 6. The number of carbonyl (C=O) groups excluding carboxylic acids is 2. The molecule has 2 heterocycles. The van der Waals surface area contributed by atoms with E-state index in [1.54, 1.807) is 24.5 Å². The summed E-state index contributed by atoms with van der Waals surface area (Å²) in [5.74, 6) is -1.57. The number of carboxylic acids is 1. The SMILES string of the molecule is CC(C)C[C@H](C(=O)[O-])N1C(=O)/C(=C/c2cccnc2)SC1=S. The predicted molar refractivity (Wildman–Crippen MR) is 87.5 cm³/mol. The minimum absolute atomic E-state index is 0.106. The molecule has 1 atom stereocenters. The summed E-state index contributed by atoms with van der Waals surface area (Å²) in [5.41, 5.74) is 0.761. The third-order valence-electron chi connectivity index (χ3n) is 3.08. The highest BCUT2D eigenvalue weighted by atomic mass is 32.2. The van der Waals surface area contributed by atoms with Crippen LogP contribution < -0.4 is 5.11 Å². The van der Waals surface area contributed by atoms with Crippen molar-refractivity contribution in [2.45, 2.75) is 26.3 Å². The monoisotopic (exact) mass is 335 g/mol. The summed E-state index contributed by atoms with van der Waals surface area (Å²) in [6, 6.07) is 2.53. The van der Waals surface area contributed by atoms with E-state index in [1.807, 2.05) is 19.9 Å². The zero-order valence-corrected chi connectivity index (χ0v) is 13.8. The van der Waals surface area contributed by atoms with Gasteiger partial charge in [-0.3, -0.25) is 14.7 Å². The van der Waals surface area contributed by atoms with Crippen LogP contribution in [0.15, 0.2) is 29.4 Å². The maximum Gasteiger partial charge on any atom is 0.266 e. The van der Waals surface area contributed by atoms with Crippen LogP contribution in [-0.4, -0.2) is 32.1 Å². The lowest BCUT2D eigenvalue weighted by molar-refractivity contribution is -0.310. The number of aromatic nitrogens is 1. The van der Waals surface area contributed by atoms with Crippen LogP contribution in [0.25, 0.3) is 6.08 Å². The van der Waals surface area contributed by atoms with Crippen molar-refractivity contribution in [3.05, 3.63) is 35.0 Å². The number of pyridine rings is 1. The molecule has 0 aliphatic carbocycles. The number of amides is 1. The van der Waals surface area contributed by atoms with Crippen molar-refractivity contribution >= 4 is 46.3 Å². The first-order valence-corrected chi connectivity index (χ1v) is 8.00. The lowest BCUT2D eigenvalue weighted by Crippen LogP contribution is -2.50. The molecule has 1 aromatic heterocycles. The van der Waals surface area contributed by atoms with Crippen LogP contribution in [0.2, 0.25) is 0 Å². The van der Waals surface area contributed by atoms with Gasteiger partial charge in [0.25, 0.3) is 5.91 Å². The lowest BCUT2D eigenvalue weighted by atomic mass is 10.0. The molecule has 1 aromatic rings. The molecule has 0 saturated carbocycles. The van der Waals surface area contributed by atoms with Gasteiger partial charge < -0.3 is 9.90 Å². The molecular weight excluding hydrogens is 320 g/mol. The zero-order chi connectivity index (χ0) is 16.3. The molecule has 1 aliphatic rings. The maximum atomic E-state index is 12.5. The minimum atomic E-state index is -1.28. The summed E-state index contributed by atoms with van der Waals surface area (Å²) in [6.45, 7) is 3.78. The predicted octanol–water partition coefficient (Wildman–Crippen LogP) is 1.45. The third kappa shape index (κ3) is 3.72. The smallest absolute Gasteiger partial charge is 0.266 e. The maximum absolute atomic E-state index is 12.5. The van der Waals surface area contributed by atoms with E-state index in [2.05, 4.69) is 4.98 Å². The highest BCUT2D eigenvalue weighted by Crippen LogP contribution is 2.34. The zero-order valence-electron chi connectivity index (χ0n) is 12.2. The van der Waals surface area contributed by atoms with Gasteiger partial charge in [0.1, 0.15) is 4.32 Å². The van der Waals surface area contributed by atoms with E-state index in [9.17, 15) is 14.7 Å². The summed E-state index contributed by atoms with van der Waals surface area (Å²) >= 11 is 6.28. The normalized spacial score (nSPS) is 18.3. The molecule has 1 fully saturated rings. The van der Waals surface area contributed by atoms with Gasteiger partial charge >= 0.3 is 0 Å². The molecule has 5 nitrogen and oxygen atoms in total. The summed E-state index contributed by atoms with van der Waals surface area (Å²) in [6.07, 6.45) is 5.22. The third-order valence-corrected chi connectivity index (χ3v) is 4.41. The lowest BCUT2D eigenvalue weighted by Gasteiger charge is -2.28. The molecule has 116 valence electrons. The Morgan fingerprint density at radius 3 is 2.82 bits per heavy atom. The van der Waals surface area contributed by atoms with E-state index < -0.39 is 17.9 Å². The fourth-order valence-corrected chi connectivity index (χ4v) is 3.47. The fourth-order valence-electron chi connectivity index (χ4n) is 2.11. The molecule has 22 heavy (non-hydrogen) atoms. The molecule has 0 N–H and O–H groups in total. The van der Waals surface area contributed by atoms with E-state index in [1.165, 1.54) is 0 Å². The Labute approximate surface area is 138 Å². The summed E-state index contributed by atoms with van der Waals surface area (Å²) in [5, 5.41) is 11.4. The molecule has 0 aromatic carbocycles. The van der Waals surface area contributed by atoms with E-state index in [-0.39, 0.29) is 10.2 Å². The van der Waals surface area contributed by atoms with Gasteiger partial charge in [0.2, 0.25) is 0 Å². The molecule has 7 heteroatoms. The molecule has 2 rings (SSSR count). The fraction of sp³-hybridized carbons (Fsp3) is 0.333. The van der Waals surface area contributed by atoms with Gasteiger partial charge in [0.15, 0.2) is 0 Å². The summed E-state index contributed by atoms with van der Waals surface area (Å²) in [4.78, 5) is 29.4. The number of aliphatic carboxylic acids is 1. The van der Waals surface area contributed by atoms with Crippen LogP contribution in [-0.2, 0) is 9.59 Å². The topological polar surface area (TPSA) is 73.3 Å². The number of carboxylic acid groups (broad SMARTS) is 1. The quantitative estimate of drug-likeness (QED) is 0.599. The average molecular weight is 335 g/mol. The number of rotatable bonds is 5. The van der Waals surface area contributed by atoms with Crippen molar-refractivity contribution < 1.29 is 14.7 Å². The average Bonchev–Trinajstić information content (AvgIpc) is 2.72. The molecule has 1 aliphatic heterocycles. The number of hydrogen-bond donors (Lipinski definition) is 0. The van der Waals surface area contributed by atoms with E-state index >= 15 is 0 Å². The summed E-state index contributed by atoms with van der Waals surface area (Å²) in [7, 11) is 0. The van der Waals surface area contributed by atoms with Gasteiger partial charge in [-0.2, -0.15) is 0 Å². The molecule has 0 bridgehead atoms. The Balaban J connectivity index is 2.28. The van der Waals surface area contributed by atoms with E-state index in [0.717, 1.165) is 22.2 Å². The van der Waals surface area contributed by atoms with Crippen LogP contribution in [0.4, 0.5) is 0 Å². The Morgan fingerprint density at radius 1 is 1.55 bits per heavy atom. The number of thioether (sulfide) groups is 1. The van der Waals surface area contributed by atoms with E-state index in [4.69, 9.17) is 12.2 Å². The van der Waals surface area contributed by atoms with Crippen LogP contribution in [0, 0.1) is 5.92 Å². The second-order valence-electron chi connectivity index (χ2n) is 5.30. The van der Waals surface area contributed by atoms with Gasteiger partial charge in [0.05, 0.1) is 16.9 Å². The van der Waals surface area contributed by atoms with Crippen LogP contribution in [0.1, 0.15) is 25.8 Å². The van der Waals surface area contributed by atoms with Crippen molar-refractivity contribution in [1.29, 1.82) is 0 Å². The highest BCUT2D eigenvalue weighted by Gasteiger charge is 2.37.